The van der Waals surface area contributed by atoms with Crippen LogP contribution in [0.3, 0.4) is 0 Å². The van der Waals surface area contributed by atoms with E-state index in [2.05, 4.69) is 49.0 Å². The molecule has 0 amide bonds. The first-order valence-electron chi connectivity index (χ1n) is 6.66. The molecule has 17 heavy (non-hydrogen) atoms. The van der Waals surface area contributed by atoms with Crippen LogP contribution < -0.4 is 5.32 Å². The molecule has 0 radical (unpaired) electrons. The first-order chi connectivity index (χ1) is 8.24. The highest BCUT2D eigenvalue weighted by Gasteiger charge is 2.00. The highest BCUT2D eigenvalue weighted by atomic mass is 16.5. The van der Waals surface area contributed by atoms with Gasteiger partial charge in [0.1, 0.15) is 0 Å². The Labute approximate surface area is 105 Å². The molecule has 0 atom stereocenters. The summed E-state index contributed by atoms with van der Waals surface area (Å²) in [5, 5.41) is 3.42. The Balaban J connectivity index is 2.25. The maximum Gasteiger partial charge on any atom is 0.0645 e. The molecule has 1 heterocycles. The molecule has 0 aliphatic carbocycles. The van der Waals surface area contributed by atoms with E-state index < -0.39 is 0 Å². The second-order valence-electron chi connectivity index (χ2n) is 4.84. The second-order valence-corrected chi connectivity index (χ2v) is 4.84. The van der Waals surface area contributed by atoms with Crippen molar-refractivity contribution in [2.45, 2.75) is 40.3 Å². The second kappa shape index (κ2) is 8.31. The van der Waals surface area contributed by atoms with Gasteiger partial charge >= 0.3 is 0 Å². The number of rotatable bonds is 9. The molecule has 1 N–H and O–H groups in total. The average Bonchev–Trinajstić information content (AvgIpc) is 2.72. The van der Waals surface area contributed by atoms with Crippen LogP contribution in [0, 0.1) is 5.92 Å². The molecule has 0 fully saturated rings. The van der Waals surface area contributed by atoms with Gasteiger partial charge in [0.05, 0.1) is 6.61 Å². The minimum Gasteiger partial charge on any atom is -0.379 e. The molecule has 98 valence electrons. The van der Waals surface area contributed by atoms with Crippen LogP contribution in [0.5, 0.6) is 0 Å². The predicted molar refractivity (Wildman–Crippen MR) is 72.1 cm³/mol. The molecule has 3 heteroatoms. The van der Waals surface area contributed by atoms with Crippen molar-refractivity contribution in [3.05, 3.63) is 24.0 Å². The highest BCUT2D eigenvalue weighted by molar-refractivity contribution is 5.06. The Kier molecular flexibility index (Phi) is 6.97. The lowest BCUT2D eigenvalue weighted by Crippen LogP contribution is -2.18. The molecule has 0 unspecified atom stereocenters. The molecule has 1 aromatic rings. The van der Waals surface area contributed by atoms with Crippen molar-refractivity contribution in [1.29, 1.82) is 0 Å². The highest BCUT2D eigenvalue weighted by Crippen LogP contribution is 2.02. The molecular formula is C14H26N2O. The molecule has 1 aromatic heterocycles. The maximum atomic E-state index is 5.61. The summed E-state index contributed by atoms with van der Waals surface area (Å²) in [4.78, 5) is 0. The summed E-state index contributed by atoms with van der Waals surface area (Å²) in [6.07, 6.45) is 3.31. The van der Waals surface area contributed by atoms with Crippen LogP contribution in [0.15, 0.2) is 18.3 Å². The fourth-order valence-electron chi connectivity index (χ4n) is 1.70. The number of hydrogen-bond acceptors (Lipinski definition) is 2. The lowest BCUT2D eigenvalue weighted by atomic mass is 10.2. The van der Waals surface area contributed by atoms with Crippen molar-refractivity contribution >= 4 is 0 Å². The summed E-state index contributed by atoms with van der Waals surface area (Å²) in [7, 11) is 0. The lowest BCUT2D eigenvalue weighted by molar-refractivity contribution is 0.103. The Morgan fingerprint density at radius 2 is 2.24 bits per heavy atom. The topological polar surface area (TPSA) is 26.2 Å². The van der Waals surface area contributed by atoms with Gasteiger partial charge in [-0.25, -0.2) is 0 Å². The summed E-state index contributed by atoms with van der Waals surface area (Å²) >= 11 is 0. The van der Waals surface area contributed by atoms with Gasteiger partial charge in [-0.3, -0.25) is 0 Å². The van der Waals surface area contributed by atoms with Crippen LogP contribution >= 0.6 is 0 Å². The Hall–Kier alpha value is -0.800. The van der Waals surface area contributed by atoms with Gasteiger partial charge in [0.2, 0.25) is 0 Å². The fraction of sp³-hybridized carbons (Fsp3) is 0.714. The number of nitrogens with one attached hydrogen (secondary N) is 1. The molecule has 0 saturated heterocycles. The third-order valence-corrected chi connectivity index (χ3v) is 2.58. The Morgan fingerprint density at radius 1 is 1.41 bits per heavy atom. The molecule has 0 spiro atoms. The summed E-state index contributed by atoms with van der Waals surface area (Å²) in [5.74, 6) is 0.616. The van der Waals surface area contributed by atoms with E-state index in [1.165, 1.54) is 12.1 Å². The van der Waals surface area contributed by atoms with Crippen LogP contribution in [-0.2, 0) is 17.8 Å². The third kappa shape index (κ3) is 5.89. The summed E-state index contributed by atoms with van der Waals surface area (Å²) in [5.41, 5.74) is 1.34. The van der Waals surface area contributed by atoms with Gasteiger partial charge in [-0.2, -0.15) is 0 Å². The average molecular weight is 238 g/mol. The van der Waals surface area contributed by atoms with Gasteiger partial charge in [-0.15, -0.1) is 0 Å². The molecule has 0 bridgehead atoms. The van der Waals surface area contributed by atoms with E-state index in [-0.39, 0.29) is 0 Å². The lowest BCUT2D eigenvalue weighted by Gasteiger charge is -2.11. The van der Waals surface area contributed by atoms with E-state index in [4.69, 9.17) is 4.74 Å². The van der Waals surface area contributed by atoms with Gasteiger partial charge in [-0.1, -0.05) is 20.8 Å². The predicted octanol–water partition coefficient (Wildman–Crippen LogP) is 2.66. The van der Waals surface area contributed by atoms with Gasteiger partial charge in [0.15, 0.2) is 0 Å². The molecule has 0 aromatic carbocycles. The quantitative estimate of drug-likeness (QED) is 0.669. The van der Waals surface area contributed by atoms with Crippen molar-refractivity contribution in [3.63, 3.8) is 0 Å². The molecule has 3 nitrogen and oxygen atoms in total. The molecule has 0 aliphatic rings. The minimum atomic E-state index is 0.616. The molecule has 0 aliphatic heterocycles. The molecule has 0 saturated carbocycles. The number of aromatic nitrogens is 1. The zero-order valence-corrected chi connectivity index (χ0v) is 11.4. The zero-order chi connectivity index (χ0) is 12.5. The first kappa shape index (κ1) is 14.3. The van der Waals surface area contributed by atoms with Crippen LogP contribution in [-0.4, -0.2) is 24.3 Å². The van der Waals surface area contributed by atoms with Crippen molar-refractivity contribution in [2.75, 3.05) is 19.8 Å². The van der Waals surface area contributed by atoms with Crippen LogP contribution in [0.4, 0.5) is 0 Å². The Bertz CT molecular complexity index is 294. The zero-order valence-electron chi connectivity index (χ0n) is 11.4. The number of ether oxygens (including phenoxy) is 1. The van der Waals surface area contributed by atoms with Crippen molar-refractivity contribution < 1.29 is 4.74 Å². The van der Waals surface area contributed by atoms with E-state index >= 15 is 0 Å². The molecule has 1 rings (SSSR count). The minimum absolute atomic E-state index is 0.616. The van der Waals surface area contributed by atoms with Crippen LogP contribution in [0.2, 0.25) is 0 Å². The van der Waals surface area contributed by atoms with E-state index in [9.17, 15) is 0 Å². The fourth-order valence-corrected chi connectivity index (χ4v) is 1.70. The largest absolute Gasteiger partial charge is 0.379 e. The Morgan fingerprint density at radius 3 is 2.94 bits per heavy atom. The third-order valence-electron chi connectivity index (χ3n) is 2.58. The van der Waals surface area contributed by atoms with E-state index in [1.54, 1.807) is 0 Å². The molecular weight excluding hydrogens is 212 g/mol. The van der Waals surface area contributed by atoms with Gasteiger partial charge in [0.25, 0.3) is 0 Å². The standard InChI is InChI=1S/C14H26N2O/c1-4-7-15-11-14-6-5-8-16(14)9-10-17-12-13(2)3/h5-6,8,13,15H,4,7,9-12H2,1-3H3. The van der Waals surface area contributed by atoms with Crippen LogP contribution in [0.1, 0.15) is 32.9 Å². The van der Waals surface area contributed by atoms with Crippen molar-refractivity contribution in [2.24, 2.45) is 5.92 Å². The van der Waals surface area contributed by atoms with Gasteiger partial charge < -0.3 is 14.6 Å². The smallest absolute Gasteiger partial charge is 0.0645 e. The normalized spacial score (nSPS) is 11.3. The van der Waals surface area contributed by atoms with E-state index in [0.29, 0.717) is 5.92 Å². The van der Waals surface area contributed by atoms with E-state index in [1.807, 2.05) is 0 Å². The summed E-state index contributed by atoms with van der Waals surface area (Å²) in [6, 6.07) is 4.27. The summed E-state index contributed by atoms with van der Waals surface area (Å²) in [6.45, 7) is 11.2. The summed E-state index contributed by atoms with van der Waals surface area (Å²) < 4.78 is 7.87. The van der Waals surface area contributed by atoms with Crippen LogP contribution in [0.25, 0.3) is 0 Å². The van der Waals surface area contributed by atoms with E-state index in [0.717, 1.165) is 32.8 Å². The maximum absolute atomic E-state index is 5.61. The van der Waals surface area contributed by atoms with Gasteiger partial charge in [-0.05, 0) is 31.0 Å². The van der Waals surface area contributed by atoms with Crippen molar-refractivity contribution in [3.8, 4) is 0 Å². The number of hydrogen-bond donors (Lipinski definition) is 1. The SMILES string of the molecule is CCCNCc1cccn1CCOCC(C)C. The van der Waals surface area contributed by atoms with Gasteiger partial charge in [0, 0.05) is 31.6 Å². The first-order valence-corrected chi connectivity index (χ1v) is 6.66. The monoisotopic (exact) mass is 238 g/mol. The number of nitrogens with zero attached hydrogens (tertiary/aromatic N) is 1. The van der Waals surface area contributed by atoms with Crippen molar-refractivity contribution in [1.82, 2.24) is 9.88 Å².